The van der Waals surface area contributed by atoms with Crippen LogP contribution in [0.2, 0.25) is 0 Å². The molecule has 0 bridgehead atoms. The molecule has 0 N–H and O–H groups in total. The van der Waals surface area contributed by atoms with Crippen LogP contribution < -0.4 is 0 Å². The molecule has 0 aliphatic heterocycles. The van der Waals surface area contributed by atoms with Gasteiger partial charge in [-0.25, -0.2) is 4.79 Å². The number of ether oxygens (including phenoxy) is 1. The minimum atomic E-state index is -3.39. The number of nitrogens with zero attached hydrogens (tertiary/aromatic N) is 2. The second kappa shape index (κ2) is 3.41. The van der Waals surface area contributed by atoms with Crippen LogP contribution in [0.5, 0.6) is 0 Å². The number of esters is 1. The third-order valence-corrected chi connectivity index (χ3v) is 1.61. The molecule has 0 unspecified atom stereocenters. The highest BCUT2D eigenvalue weighted by molar-refractivity contribution is 9.09. The van der Waals surface area contributed by atoms with Gasteiger partial charge in [0.1, 0.15) is 0 Å². The number of alkyl halides is 3. The summed E-state index contributed by atoms with van der Waals surface area (Å²) in [5.74, 6) is -0.864. The van der Waals surface area contributed by atoms with Crippen LogP contribution in [0.1, 0.15) is 10.5 Å². The summed E-state index contributed by atoms with van der Waals surface area (Å²) in [5, 5.41) is 3.28. The molecule has 0 saturated heterocycles. The molecule has 0 fully saturated rings. The molecule has 0 aromatic carbocycles. The molecule has 0 atom stereocenters. The molecule has 1 aromatic rings. The van der Waals surface area contributed by atoms with Gasteiger partial charge in [-0.05, 0) is 6.07 Å². The minimum absolute atomic E-state index is 0.235. The molecule has 0 aliphatic rings. The molecule has 0 radical (unpaired) electrons. The Morgan fingerprint density at radius 2 is 2.38 bits per heavy atom. The highest BCUT2D eigenvalue weighted by atomic mass is 79.9. The van der Waals surface area contributed by atoms with Crippen molar-refractivity contribution in [1.82, 2.24) is 9.78 Å². The van der Waals surface area contributed by atoms with Gasteiger partial charge in [0.15, 0.2) is 5.69 Å². The van der Waals surface area contributed by atoms with E-state index in [1.54, 1.807) is 0 Å². The van der Waals surface area contributed by atoms with Gasteiger partial charge in [0.2, 0.25) is 0 Å². The second-order valence-electron chi connectivity index (χ2n) is 2.09. The fourth-order valence-corrected chi connectivity index (χ4v) is 1.05. The van der Waals surface area contributed by atoms with E-state index in [0.717, 1.165) is 19.4 Å². The molecule has 7 heteroatoms. The highest BCUT2D eigenvalue weighted by Gasteiger charge is 2.32. The fraction of sp³-hybridized carbons (Fsp3) is 0.333. The fourth-order valence-electron chi connectivity index (χ4n) is 0.765. The SMILES string of the molecule is COC(=O)c1ccnn1C(F)(F)Br. The summed E-state index contributed by atoms with van der Waals surface area (Å²) in [6.07, 6.45) is 1.08. The van der Waals surface area contributed by atoms with E-state index >= 15 is 0 Å². The third kappa shape index (κ3) is 2.03. The Morgan fingerprint density at radius 3 is 2.85 bits per heavy atom. The quantitative estimate of drug-likeness (QED) is 0.595. The molecule has 13 heavy (non-hydrogen) atoms. The predicted octanol–water partition coefficient (Wildman–Crippen LogP) is 1.57. The van der Waals surface area contributed by atoms with E-state index in [1.807, 2.05) is 0 Å². The van der Waals surface area contributed by atoms with Crippen molar-refractivity contribution >= 4 is 21.9 Å². The molecule has 0 aliphatic carbocycles. The van der Waals surface area contributed by atoms with Crippen molar-refractivity contribution in [3.63, 3.8) is 0 Å². The molecule has 1 heterocycles. The van der Waals surface area contributed by atoms with Crippen LogP contribution in [0.25, 0.3) is 0 Å². The van der Waals surface area contributed by atoms with Crippen LogP contribution >= 0.6 is 15.9 Å². The molecule has 0 saturated carbocycles. The maximum absolute atomic E-state index is 12.7. The number of rotatable bonds is 2. The van der Waals surface area contributed by atoms with Gasteiger partial charge >= 0.3 is 10.9 Å². The number of carbonyl (C=O) groups excluding carboxylic acids is 1. The van der Waals surface area contributed by atoms with Crippen molar-refractivity contribution in [2.45, 2.75) is 4.96 Å². The maximum Gasteiger partial charge on any atom is 0.401 e. The molecule has 0 amide bonds. The maximum atomic E-state index is 12.7. The van der Waals surface area contributed by atoms with Gasteiger partial charge in [0.25, 0.3) is 0 Å². The molecule has 72 valence electrons. The first-order valence-electron chi connectivity index (χ1n) is 3.16. The topological polar surface area (TPSA) is 44.1 Å². The van der Waals surface area contributed by atoms with Crippen LogP contribution in [0.15, 0.2) is 12.3 Å². The van der Waals surface area contributed by atoms with Gasteiger partial charge in [-0.2, -0.15) is 18.6 Å². The van der Waals surface area contributed by atoms with E-state index in [1.165, 1.54) is 0 Å². The van der Waals surface area contributed by atoms with Crippen molar-refractivity contribution in [3.8, 4) is 0 Å². The van der Waals surface area contributed by atoms with Gasteiger partial charge in [-0.1, -0.05) is 0 Å². The standard InChI is InChI=1S/C6H5BrF2N2O2/c1-13-5(12)4-2-3-10-11(4)6(7,8)9/h2-3H,1H3. The number of halogens is 3. The van der Waals surface area contributed by atoms with E-state index in [2.05, 4.69) is 25.8 Å². The lowest BCUT2D eigenvalue weighted by molar-refractivity contribution is 0.0128. The Bertz CT molecular complexity index is 321. The summed E-state index contributed by atoms with van der Waals surface area (Å²) in [5.41, 5.74) is -0.315. The zero-order valence-electron chi connectivity index (χ0n) is 6.50. The highest BCUT2D eigenvalue weighted by Crippen LogP contribution is 2.28. The Balaban J connectivity index is 3.10. The van der Waals surface area contributed by atoms with E-state index in [0.29, 0.717) is 0 Å². The summed E-state index contributed by atoms with van der Waals surface area (Å²) >= 11 is 2.07. The summed E-state index contributed by atoms with van der Waals surface area (Å²) in [7, 11) is 1.10. The lowest BCUT2D eigenvalue weighted by Crippen LogP contribution is -2.22. The Kier molecular flexibility index (Phi) is 2.65. The van der Waals surface area contributed by atoms with Crippen LogP contribution in [0.3, 0.4) is 0 Å². The van der Waals surface area contributed by atoms with Gasteiger partial charge < -0.3 is 4.74 Å². The Hall–Kier alpha value is -0.980. The lowest BCUT2D eigenvalue weighted by atomic mass is 10.4. The lowest BCUT2D eigenvalue weighted by Gasteiger charge is -2.10. The summed E-state index contributed by atoms with van der Waals surface area (Å²) in [6.45, 7) is 0. The van der Waals surface area contributed by atoms with E-state index in [-0.39, 0.29) is 10.4 Å². The first-order chi connectivity index (χ1) is 5.96. The normalized spacial score (nSPS) is 11.4. The van der Waals surface area contributed by atoms with Gasteiger partial charge in [-0.3, -0.25) is 0 Å². The van der Waals surface area contributed by atoms with E-state index in [9.17, 15) is 13.6 Å². The molecular formula is C6H5BrF2N2O2. The summed E-state index contributed by atoms with van der Waals surface area (Å²) in [4.78, 5) is 7.52. The van der Waals surface area contributed by atoms with Crippen molar-refractivity contribution in [2.24, 2.45) is 0 Å². The second-order valence-corrected chi connectivity index (χ2v) is 3.04. The third-order valence-electron chi connectivity index (χ3n) is 1.28. The number of carbonyl (C=O) groups is 1. The van der Waals surface area contributed by atoms with Crippen molar-refractivity contribution in [3.05, 3.63) is 18.0 Å². The molecule has 1 aromatic heterocycles. The molecule has 0 spiro atoms. The smallest absolute Gasteiger partial charge is 0.401 e. The molecule has 4 nitrogen and oxygen atoms in total. The first-order valence-corrected chi connectivity index (χ1v) is 3.95. The predicted molar refractivity (Wildman–Crippen MR) is 42.7 cm³/mol. The van der Waals surface area contributed by atoms with Crippen LogP contribution in [-0.4, -0.2) is 22.9 Å². The first kappa shape index (κ1) is 10.1. The van der Waals surface area contributed by atoms with E-state index in [4.69, 9.17) is 0 Å². The number of hydrogen-bond acceptors (Lipinski definition) is 3. The Labute approximate surface area is 80.6 Å². The Morgan fingerprint density at radius 1 is 1.77 bits per heavy atom. The van der Waals surface area contributed by atoms with Gasteiger partial charge in [-0.15, -0.1) is 0 Å². The molecular weight excluding hydrogens is 250 g/mol. The number of hydrogen-bond donors (Lipinski definition) is 0. The average Bonchev–Trinajstić information content (AvgIpc) is 2.49. The molecule has 1 rings (SSSR count). The largest absolute Gasteiger partial charge is 0.464 e. The average molecular weight is 255 g/mol. The van der Waals surface area contributed by atoms with Crippen molar-refractivity contribution in [1.29, 1.82) is 0 Å². The van der Waals surface area contributed by atoms with E-state index < -0.39 is 10.9 Å². The van der Waals surface area contributed by atoms with Crippen molar-refractivity contribution < 1.29 is 18.3 Å². The zero-order valence-corrected chi connectivity index (χ0v) is 8.09. The van der Waals surface area contributed by atoms with Gasteiger partial charge in [0.05, 0.1) is 13.3 Å². The number of methoxy groups -OCH3 is 1. The van der Waals surface area contributed by atoms with Crippen LogP contribution in [0.4, 0.5) is 8.78 Å². The minimum Gasteiger partial charge on any atom is -0.464 e. The van der Waals surface area contributed by atoms with Crippen LogP contribution in [0, 0.1) is 0 Å². The zero-order chi connectivity index (χ0) is 10.1. The van der Waals surface area contributed by atoms with Crippen molar-refractivity contribution in [2.75, 3.05) is 7.11 Å². The summed E-state index contributed by atoms with van der Waals surface area (Å²) in [6, 6.07) is 1.14. The summed E-state index contributed by atoms with van der Waals surface area (Å²) < 4.78 is 29.8. The van der Waals surface area contributed by atoms with Crippen LogP contribution in [-0.2, 0) is 9.69 Å². The van der Waals surface area contributed by atoms with Gasteiger partial charge in [0, 0.05) is 15.9 Å². The monoisotopic (exact) mass is 254 g/mol. The number of aromatic nitrogens is 2.